The smallest absolute Gasteiger partial charge is 0.258 e. The van der Waals surface area contributed by atoms with Crippen LogP contribution in [0, 0.1) is 35.5 Å². The summed E-state index contributed by atoms with van der Waals surface area (Å²) in [5.74, 6) is 4.16. The largest absolute Gasteiger partial charge is 0.477 e. The molecule has 6 heteroatoms. The predicted molar refractivity (Wildman–Crippen MR) is 122 cm³/mol. The van der Waals surface area contributed by atoms with E-state index in [9.17, 15) is 9.59 Å². The lowest BCUT2D eigenvalue weighted by atomic mass is 9.54. The molecule has 5 fully saturated rings. The minimum Gasteiger partial charge on any atom is -0.477 e. The van der Waals surface area contributed by atoms with Gasteiger partial charge in [0.15, 0.2) is 0 Å². The maximum Gasteiger partial charge on any atom is 0.258 e. The van der Waals surface area contributed by atoms with Crippen molar-refractivity contribution in [3.05, 3.63) is 11.8 Å². The second kappa shape index (κ2) is 9.56. The Labute approximate surface area is 191 Å². The zero-order chi connectivity index (χ0) is 22.1. The molecule has 1 heterocycles. The molecule has 1 aromatic rings. The molecule has 0 aromatic carbocycles. The topological polar surface area (TPSA) is 73.2 Å². The standard InChI is InChI=1S/C26H39N3O3/c1-17(15-30)7-8-29-26(32-16-18-5-3-2-4-6-18)23(14-27-29)25(31)28-24-21-10-19-9-20(12-21)13-22(24)11-19/h14-15,17-22,24H,2-13,16H2,1H3,(H,28,31). The van der Waals surface area contributed by atoms with E-state index in [1.54, 1.807) is 10.9 Å². The molecule has 5 aliphatic carbocycles. The molecule has 5 saturated carbocycles. The zero-order valence-corrected chi connectivity index (χ0v) is 19.5. The molecule has 0 aliphatic heterocycles. The molecule has 1 atom stereocenters. The lowest BCUT2D eigenvalue weighted by Crippen LogP contribution is -2.55. The molecule has 5 aliphatic rings. The second-order valence-electron chi connectivity index (χ2n) is 11.2. The van der Waals surface area contributed by atoms with Crippen LogP contribution in [0.5, 0.6) is 5.88 Å². The number of rotatable bonds is 9. The molecule has 1 N–H and O–H groups in total. The summed E-state index contributed by atoms with van der Waals surface area (Å²) in [7, 11) is 0. The number of aromatic nitrogens is 2. The molecule has 1 unspecified atom stereocenters. The van der Waals surface area contributed by atoms with E-state index in [1.165, 1.54) is 64.2 Å². The van der Waals surface area contributed by atoms with Gasteiger partial charge in [-0.15, -0.1) is 0 Å². The van der Waals surface area contributed by atoms with Gasteiger partial charge >= 0.3 is 0 Å². The first kappa shape index (κ1) is 22.0. The summed E-state index contributed by atoms with van der Waals surface area (Å²) in [6.07, 6.45) is 16.1. The van der Waals surface area contributed by atoms with E-state index in [0.717, 1.165) is 18.1 Å². The van der Waals surface area contributed by atoms with E-state index in [1.807, 2.05) is 6.92 Å². The Morgan fingerprint density at radius 2 is 1.84 bits per heavy atom. The Balaban J connectivity index is 1.29. The summed E-state index contributed by atoms with van der Waals surface area (Å²) in [5, 5.41) is 7.92. The van der Waals surface area contributed by atoms with Gasteiger partial charge in [-0.3, -0.25) is 4.79 Å². The number of carbonyl (C=O) groups is 2. The monoisotopic (exact) mass is 441 g/mol. The van der Waals surface area contributed by atoms with Crippen molar-refractivity contribution in [2.75, 3.05) is 6.61 Å². The molecule has 32 heavy (non-hydrogen) atoms. The molecule has 4 bridgehead atoms. The van der Waals surface area contributed by atoms with E-state index >= 15 is 0 Å². The van der Waals surface area contributed by atoms with Crippen molar-refractivity contribution in [2.45, 2.75) is 90.1 Å². The highest BCUT2D eigenvalue weighted by molar-refractivity contribution is 5.96. The molecule has 176 valence electrons. The second-order valence-corrected chi connectivity index (χ2v) is 11.2. The molecule has 0 spiro atoms. The Morgan fingerprint density at radius 3 is 2.50 bits per heavy atom. The number of hydrogen-bond donors (Lipinski definition) is 1. The third kappa shape index (κ3) is 4.60. The van der Waals surface area contributed by atoms with Crippen molar-refractivity contribution in [2.24, 2.45) is 35.5 Å². The summed E-state index contributed by atoms with van der Waals surface area (Å²) in [4.78, 5) is 24.5. The summed E-state index contributed by atoms with van der Waals surface area (Å²) in [6.45, 7) is 3.15. The van der Waals surface area contributed by atoms with Gasteiger partial charge in [0.05, 0.1) is 12.8 Å². The van der Waals surface area contributed by atoms with Gasteiger partial charge in [-0.2, -0.15) is 5.10 Å². The lowest BCUT2D eigenvalue weighted by Gasteiger charge is -2.54. The van der Waals surface area contributed by atoms with E-state index in [0.29, 0.717) is 54.8 Å². The van der Waals surface area contributed by atoms with Gasteiger partial charge in [-0.05, 0) is 81.0 Å². The van der Waals surface area contributed by atoms with Crippen LogP contribution in [0.2, 0.25) is 0 Å². The van der Waals surface area contributed by atoms with Gasteiger partial charge in [0.1, 0.15) is 11.8 Å². The third-order valence-corrected chi connectivity index (χ3v) is 8.77. The highest BCUT2D eigenvalue weighted by atomic mass is 16.5. The van der Waals surface area contributed by atoms with Crippen LogP contribution in [-0.4, -0.2) is 34.6 Å². The van der Waals surface area contributed by atoms with Crippen LogP contribution < -0.4 is 10.1 Å². The highest BCUT2D eigenvalue weighted by Crippen LogP contribution is 2.53. The first-order chi connectivity index (χ1) is 15.6. The molecular weight excluding hydrogens is 402 g/mol. The predicted octanol–water partition coefficient (Wildman–Crippen LogP) is 4.62. The van der Waals surface area contributed by atoms with E-state index in [2.05, 4.69) is 10.4 Å². The molecule has 0 radical (unpaired) electrons. The maximum atomic E-state index is 13.4. The Morgan fingerprint density at radius 1 is 1.16 bits per heavy atom. The van der Waals surface area contributed by atoms with E-state index < -0.39 is 0 Å². The van der Waals surface area contributed by atoms with Crippen LogP contribution in [0.1, 0.15) is 87.9 Å². The van der Waals surface area contributed by atoms with E-state index in [-0.39, 0.29) is 11.8 Å². The Hall–Kier alpha value is -1.85. The normalized spacial score (nSPS) is 32.6. The number of nitrogens with zero attached hydrogens (tertiary/aromatic N) is 2. The summed E-state index contributed by atoms with van der Waals surface area (Å²) < 4.78 is 8.09. The molecular formula is C26H39N3O3. The number of aldehydes is 1. The van der Waals surface area contributed by atoms with Crippen molar-refractivity contribution in [1.82, 2.24) is 15.1 Å². The van der Waals surface area contributed by atoms with Gasteiger partial charge in [0.25, 0.3) is 5.91 Å². The fourth-order valence-electron chi connectivity index (χ4n) is 7.18. The molecule has 6 rings (SSSR count). The van der Waals surface area contributed by atoms with Crippen LogP contribution in [-0.2, 0) is 11.3 Å². The van der Waals surface area contributed by atoms with Crippen LogP contribution >= 0.6 is 0 Å². The van der Waals surface area contributed by atoms with Crippen LogP contribution in [0.3, 0.4) is 0 Å². The van der Waals surface area contributed by atoms with Gasteiger partial charge < -0.3 is 14.8 Å². The number of carbonyl (C=O) groups excluding carboxylic acids is 2. The summed E-state index contributed by atoms with van der Waals surface area (Å²) >= 11 is 0. The minimum atomic E-state index is -0.0317. The van der Waals surface area contributed by atoms with Crippen molar-refractivity contribution in [3.8, 4) is 5.88 Å². The van der Waals surface area contributed by atoms with Gasteiger partial charge in [-0.25, -0.2) is 4.68 Å². The van der Waals surface area contributed by atoms with Crippen molar-refractivity contribution in [3.63, 3.8) is 0 Å². The third-order valence-electron chi connectivity index (χ3n) is 8.77. The van der Waals surface area contributed by atoms with Crippen molar-refractivity contribution >= 4 is 12.2 Å². The first-order valence-electron chi connectivity index (χ1n) is 13.1. The maximum absolute atomic E-state index is 13.4. The lowest BCUT2D eigenvalue weighted by molar-refractivity contribution is -0.110. The molecule has 0 saturated heterocycles. The quantitative estimate of drug-likeness (QED) is 0.568. The Kier molecular flexibility index (Phi) is 6.56. The number of aryl methyl sites for hydroxylation is 1. The van der Waals surface area contributed by atoms with Crippen LogP contribution in [0.15, 0.2) is 6.20 Å². The SMILES string of the molecule is CC(C=O)CCn1ncc(C(=O)NC2C3CC4CC(C3)CC2C4)c1OCC1CCCCC1. The van der Waals surface area contributed by atoms with Crippen molar-refractivity contribution in [1.29, 1.82) is 0 Å². The van der Waals surface area contributed by atoms with Crippen molar-refractivity contribution < 1.29 is 14.3 Å². The molecule has 1 aromatic heterocycles. The zero-order valence-electron chi connectivity index (χ0n) is 19.5. The number of hydrogen-bond acceptors (Lipinski definition) is 4. The number of amides is 1. The fourth-order valence-corrected chi connectivity index (χ4v) is 7.18. The Bertz CT molecular complexity index is 785. The van der Waals surface area contributed by atoms with Crippen LogP contribution in [0.4, 0.5) is 0 Å². The molecule has 6 nitrogen and oxygen atoms in total. The van der Waals surface area contributed by atoms with E-state index in [4.69, 9.17) is 4.74 Å². The summed E-state index contributed by atoms with van der Waals surface area (Å²) in [5.41, 5.74) is 0.563. The average Bonchev–Trinajstić information content (AvgIpc) is 3.21. The van der Waals surface area contributed by atoms with Crippen LogP contribution in [0.25, 0.3) is 0 Å². The number of ether oxygens (including phenoxy) is 1. The first-order valence-corrected chi connectivity index (χ1v) is 13.1. The fraction of sp³-hybridized carbons (Fsp3) is 0.808. The minimum absolute atomic E-state index is 0.0317. The average molecular weight is 442 g/mol. The highest BCUT2D eigenvalue weighted by Gasteiger charge is 2.48. The number of nitrogens with one attached hydrogen (secondary N) is 1. The van der Waals surface area contributed by atoms with Gasteiger partial charge in [0.2, 0.25) is 5.88 Å². The molecule has 1 amide bonds. The van der Waals surface area contributed by atoms with Gasteiger partial charge in [-0.1, -0.05) is 26.2 Å². The van der Waals surface area contributed by atoms with Gasteiger partial charge in [0, 0.05) is 18.5 Å². The summed E-state index contributed by atoms with van der Waals surface area (Å²) in [6, 6.07) is 0.305.